The third-order valence-corrected chi connectivity index (χ3v) is 7.50. The number of aromatic hydroxyl groups is 1. The lowest BCUT2D eigenvalue weighted by molar-refractivity contribution is 0.0609. The minimum absolute atomic E-state index is 0.130. The molecule has 1 aliphatic heterocycles. The van der Waals surface area contributed by atoms with Crippen LogP contribution in [0, 0.1) is 11.8 Å². The number of piperidine rings is 1. The summed E-state index contributed by atoms with van der Waals surface area (Å²) >= 11 is 0. The average Bonchev–Trinajstić information content (AvgIpc) is 2.91. The van der Waals surface area contributed by atoms with Gasteiger partial charge in [0.2, 0.25) is 0 Å². The highest BCUT2D eigenvalue weighted by molar-refractivity contribution is 6.10. The van der Waals surface area contributed by atoms with Gasteiger partial charge in [-0.3, -0.25) is 9.79 Å². The van der Waals surface area contributed by atoms with Gasteiger partial charge in [-0.05, 0) is 54.5 Å². The van der Waals surface area contributed by atoms with E-state index in [1.54, 1.807) is 31.3 Å². The Balaban J connectivity index is 0.00000195. The molecule has 0 unspecified atom stereocenters. The van der Waals surface area contributed by atoms with E-state index in [1.807, 2.05) is 49.1 Å². The van der Waals surface area contributed by atoms with Gasteiger partial charge in [-0.15, -0.1) is 0 Å². The second kappa shape index (κ2) is 14.4. The Morgan fingerprint density at radius 2 is 1.71 bits per heavy atom. The van der Waals surface area contributed by atoms with Gasteiger partial charge in [-0.2, -0.15) is 0 Å². The molecule has 38 heavy (non-hydrogen) atoms. The first-order chi connectivity index (χ1) is 18.5. The lowest BCUT2D eigenvalue weighted by Gasteiger charge is -2.39. The molecular formula is C32H43N3O3. The minimum Gasteiger partial charge on any atom is -0.507 e. The van der Waals surface area contributed by atoms with Crippen molar-refractivity contribution in [2.24, 2.45) is 22.6 Å². The molecule has 1 saturated carbocycles. The molecule has 0 bridgehead atoms. The zero-order valence-corrected chi connectivity index (χ0v) is 23.2. The quantitative estimate of drug-likeness (QED) is 0.239. The first-order valence-corrected chi connectivity index (χ1v) is 13.9. The van der Waals surface area contributed by atoms with Gasteiger partial charge in [0, 0.05) is 43.8 Å². The molecule has 6 heteroatoms. The number of carbonyl (C=O) groups excluding carboxylic acids is 1. The van der Waals surface area contributed by atoms with Crippen LogP contribution in [0.4, 0.5) is 0 Å². The minimum atomic E-state index is 0.130. The monoisotopic (exact) mass is 517 g/mol. The van der Waals surface area contributed by atoms with Crippen LogP contribution in [-0.4, -0.2) is 48.4 Å². The van der Waals surface area contributed by atoms with Gasteiger partial charge >= 0.3 is 0 Å². The lowest BCUT2D eigenvalue weighted by Crippen LogP contribution is -2.41. The fraction of sp³-hybridized carbons (Fsp3) is 0.438. The molecule has 1 saturated heterocycles. The number of ether oxygens (including phenoxy) is 1. The van der Waals surface area contributed by atoms with E-state index < -0.39 is 0 Å². The van der Waals surface area contributed by atoms with Crippen LogP contribution in [0.3, 0.4) is 0 Å². The van der Waals surface area contributed by atoms with E-state index in [0.717, 1.165) is 48.9 Å². The zero-order valence-electron chi connectivity index (χ0n) is 23.2. The number of benzene rings is 2. The molecule has 204 valence electrons. The van der Waals surface area contributed by atoms with Gasteiger partial charge in [0.1, 0.15) is 11.5 Å². The lowest BCUT2D eigenvalue weighted by atomic mass is 9.72. The molecule has 2 aromatic rings. The smallest absolute Gasteiger partial charge is 0.253 e. The molecular weight excluding hydrogens is 474 g/mol. The molecule has 2 aliphatic rings. The molecule has 2 aromatic carbocycles. The number of amides is 1. The number of phenols is 1. The molecule has 4 rings (SSSR count). The van der Waals surface area contributed by atoms with E-state index in [0.29, 0.717) is 30.1 Å². The molecule has 0 aromatic heterocycles. The number of aliphatic imine (C=N–C) groups is 1. The van der Waals surface area contributed by atoms with Crippen LogP contribution in [0.5, 0.6) is 5.75 Å². The molecule has 1 aliphatic carbocycles. The largest absolute Gasteiger partial charge is 0.507 e. The summed E-state index contributed by atoms with van der Waals surface area (Å²) in [6.07, 6.45) is 8.76. The van der Waals surface area contributed by atoms with Gasteiger partial charge in [0.05, 0.1) is 18.0 Å². The number of para-hydroxylation sites is 1. The fourth-order valence-corrected chi connectivity index (χ4v) is 5.06. The molecule has 1 amide bonds. The van der Waals surface area contributed by atoms with Crippen molar-refractivity contribution in [2.75, 3.05) is 26.7 Å². The summed E-state index contributed by atoms with van der Waals surface area (Å²) in [6.45, 7) is 9.94. The summed E-state index contributed by atoms with van der Waals surface area (Å²) in [5.41, 5.74) is 9.19. The van der Waals surface area contributed by atoms with Crippen LogP contribution >= 0.6 is 0 Å². The van der Waals surface area contributed by atoms with Crippen molar-refractivity contribution >= 4 is 11.6 Å². The van der Waals surface area contributed by atoms with Crippen molar-refractivity contribution in [3.8, 4) is 5.75 Å². The molecule has 3 N–H and O–H groups in total. The molecule has 0 spiro atoms. The number of phenolic OH excluding ortho intramolecular Hbond substituents is 1. The summed E-state index contributed by atoms with van der Waals surface area (Å²) in [4.78, 5) is 19.2. The Hall–Kier alpha value is -3.54. The number of hydrogen-bond donors (Lipinski definition) is 2. The summed E-state index contributed by atoms with van der Waals surface area (Å²) in [5.74, 6) is 2.39. The Kier molecular flexibility index (Phi) is 11.0. The Morgan fingerprint density at radius 1 is 1.08 bits per heavy atom. The highest BCUT2D eigenvalue weighted by atomic mass is 16.5. The maximum Gasteiger partial charge on any atom is 0.253 e. The maximum absolute atomic E-state index is 13.0. The number of likely N-dealkylation sites (tertiary alicyclic amines) is 1. The van der Waals surface area contributed by atoms with E-state index in [1.165, 1.54) is 19.3 Å². The molecule has 6 nitrogen and oxygen atoms in total. The van der Waals surface area contributed by atoms with Crippen LogP contribution in [-0.2, 0) is 11.2 Å². The van der Waals surface area contributed by atoms with Crippen LogP contribution in [0.15, 0.2) is 77.6 Å². The average molecular weight is 518 g/mol. The Morgan fingerprint density at radius 3 is 2.26 bits per heavy atom. The van der Waals surface area contributed by atoms with Gasteiger partial charge < -0.3 is 20.5 Å². The summed E-state index contributed by atoms with van der Waals surface area (Å²) in [7, 11) is 1.65. The van der Waals surface area contributed by atoms with E-state index in [-0.39, 0.29) is 17.4 Å². The standard InChI is InChI=1S/C30H37N3O3.C2H6/c1-21(31)29(20-27(32-2)26-8-3-4-9-28(26)34)36-19-16-22-10-12-25(13-11-22)30(35)33-17-14-24(15-18-33)23-6-5-7-23;1-2/h3-4,8-13,20,23-24,34H,1,5-7,14-19,31H2,2H3;1-2H3/b29-20+,32-27?;. The van der Waals surface area contributed by atoms with Gasteiger partial charge in [0.25, 0.3) is 5.91 Å². The number of nitrogens with two attached hydrogens (primary N) is 1. The summed E-state index contributed by atoms with van der Waals surface area (Å²) < 4.78 is 5.92. The van der Waals surface area contributed by atoms with Crippen molar-refractivity contribution in [1.82, 2.24) is 4.90 Å². The van der Waals surface area contributed by atoms with E-state index in [9.17, 15) is 9.90 Å². The normalized spacial score (nSPS) is 16.8. The Bertz CT molecular complexity index is 1120. The van der Waals surface area contributed by atoms with Crippen LogP contribution in [0.1, 0.15) is 67.4 Å². The Labute approximate surface area is 227 Å². The SMILES string of the molecule is C=C(N)/C(=C\C(=NC)c1ccccc1O)OCCc1ccc(C(=O)N2CCC(C3CCC3)CC2)cc1.CC. The van der Waals surface area contributed by atoms with Crippen LogP contribution in [0.2, 0.25) is 0 Å². The van der Waals surface area contributed by atoms with E-state index in [4.69, 9.17) is 10.5 Å². The van der Waals surface area contributed by atoms with Crippen molar-refractivity contribution < 1.29 is 14.6 Å². The van der Waals surface area contributed by atoms with Crippen molar-refractivity contribution in [3.05, 3.63) is 89.3 Å². The number of allylic oxidation sites excluding steroid dienone is 1. The topological polar surface area (TPSA) is 88.1 Å². The van der Waals surface area contributed by atoms with Gasteiger partial charge in [-0.1, -0.05) is 64.0 Å². The highest BCUT2D eigenvalue weighted by Gasteiger charge is 2.31. The molecule has 0 atom stereocenters. The highest BCUT2D eigenvalue weighted by Crippen LogP contribution is 2.38. The predicted octanol–water partition coefficient (Wildman–Crippen LogP) is 6.11. The first-order valence-electron chi connectivity index (χ1n) is 13.9. The van der Waals surface area contributed by atoms with Crippen LogP contribution < -0.4 is 5.73 Å². The second-order valence-corrected chi connectivity index (χ2v) is 9.78. The van der Waals surface area contributed by atoms with Crippen molar-refractivity contribution in [2.45, 2.75) is 52.4 Å². The fourth-order valence-electron chi connectivity index (χ4n) is 5.06. The molecule has 2 fully saturated rings. The molecule has 1 heterocycles. The number of nitrogens with zero attached hydrogens (tertiary/aromatic N) is 2. The van der Waals surface area contributed by atoms with Crippen LogP contribution in [0.25, 0.3) is 0 Å². The number of rotatable bonds is 9. The second-order valence-electron chi connectivity index (χ2n) is 9.78. The zero-order chi connectivity index (χ0) is 27.5. The third kappa shape index (κ3) is 7.50. The predicted molar refractivity (Wildman–Crippen MR) is 155 cm³/mol. The maximum atomic E-state index is 13.0. The van der Waals surface area contributed by atoms with Crippen molar-refractivity contribution in [3.63, 3.8) is 0 Å². The van der Waals surface area contributed by atoms with E-state index >= 15 is 0 Å². The van der Waals surface area contributed by atoms with Gasteiger partial charge in [-0.25, -0.2) is 0 Å². The summed E-state index contributed by atoms with van der Waals surface area (Å²) in [6, 6.07) is 14.8. The third-order valence-electron chi connectivity index (χ3n) is 7.50. The van der Waals surface area contributed by atoms with E-state index in [2.05, 4.69) is 11.6 Å². The van der Waals surface area contributed by atoms with Crippen molar-refractivity contribution in [1.29, 1.82) is 0 Å². The first kappa shape index (κ1) is 29.0. The number of hydrogen-bond acceptors (Lipinski definition) is 5. The summed E-state index contributed by atoms with van der Waals surface area (Å²) in [5, 5.41) is 10.1. The van der Waals surface area contributed by atoms with Gasteiger partial charge in [0.15, 0.2) is 0 Å². The molecule has 0 radical (unpaired) electrons. The number of carbonyl (C=O) groups is 1.